The van der Waals surface area contributed by atoms with Gasteiger partial charge in [-0.3, -0.25) is 9.59 Å². The first-order valence-electron chi connectivity index (χ1n) is 10.8. The van der Waals surface area contributed by atoms with E-state index in [1.54, 1.807) is 18.2 Å². The van der Waals surface area contributed by atoms with E-state index in [-0.39, 0.29) is 17.4 Å². The molecule has 1 unspecified atom stereocenters. The van der Waals surface area contributed by atoms with E-state index in [9.17, 15) is 14.0 Å². The van der Waals surface area contributed by atoms with E-state index in [1.807, 2.05) is 25.7 Å². The van der Waals surface area contributed by atoms with Crippen LogP contribution >= 0.6 is 0 Å². The number of carbonyl (C=O) groups is 1. The maximum Gasteiger partial charge on any atom is 0.271 e. The second-order valence-corrected chi connectivity index (χ2v) is 8.47. The van der Waals surface area contributed by atoms with Crippen molar-refractivity contribution in [1.29, 1.82) is 0 Å². The van der Waals surface area contributed by atoms with Gasteiger partial charge in [-0.25, -0.2) is 4.39 Å². The molecule has 0 bridgehead atoms. The van der Waals surface area contributed by atoms with Crippen LogP contribution in [0.15, 0.2) is 53.3 Å². The van der Waals surface area contributed by atoms with E-state index < -0.39 is 5.82 Å². The summed E-state index contributed by atoms with van der Waals surface area (Å²) in [7, 11) is 0. The number of hydrogen-bond acceptors (Lipinski definition) is 4. The molecule has 7 heteroatoms. The highest BCUT2D eigenvalue weighted by Gasteiger charge is 2.27. The van der Waals surface area contributed by atoms with E-state index in [0.717, 1.165) is 36.2 Å². The van der Waals surface area contributed by atoms with Crippen LogP contribution in [0.5, 0.6) is 0 Å². The number of aromatic nitrogens is 2. The van der Waals surface area contributed by atoms with Gasteiger partial charge in [0.05, 0.1) is 11.6 Å². The Bertz CT molecular complexity index is 1200. The highest BCUT2D eigenvalue weighted by Crippen LogP contribution is 2.26. The SMILES string of the molecule is Cc1cc(C)c(NC(=O)C2CCCN(c3ccc(=O)n(-c4cccc(F)c4)n3)C2)c(C)c1. The van der Waals surface area contributed by atoms with Crippen molar-refractivity contribution in [2.24, 2.45) is 5.92 Å². The average molecular weight is 435 g/mol. The van der Waals surface area contributed by atoms with Crippen LogP contribution in [0.1, 0.15) is 29.5 Å². The second-order valence-electron chi connectivity index (χ2n) is 8.47. The predicted molar refractivity (Wildman–Crippen MR) is 124 cm³/mol. The molecule has 1 saturated heterocycles. The van der Waals surface area contributed by atoms with Crippen molar-refractivity contribution in [3.8, 4) is 5.69 Å². The van der Waals surface area contributed by atoms with Gasteiger partial charge in [-0.2, -0.15) is 4.68 Å². The van der Waals surface area contributed by atoms with Crippen LogP contribution in [0, 0.1) is 32.5 Å². The molecule has 0 radical (unpaired) electrons. The van der Waals surface area contributed by atoms with Crippen LogP contribution in [0.25, 0.3) is 5.69 Å². The fraction of sp³-hybridized carbons (Fsp3) is 0.320. The number of amides is 1. The topological polar surface area (TPSA) is 67.2 Å². The quantitative estimate of drug-likeness (QED) is 0.670. The number of rotatable bonds is 4. The summed E-state index contributed by atoms with van der Waals surface area (Å²) >= 11 is 0. The van der Waals surface area contributed by atoms with Crippen molar-refractivity contribution in [2.75, 3.05) is 23.3 Å². The van der Waals surface area contributed by atoms with Gasteiger partial charge >= 0.3 is 0 Å². The minimum absolute atomic E-state index is 0.0109. The molecule has 1 fully saturated rings. The lowest BCUT2D eigenvalue weighted by atomic mass is 9.96. The van der Waals surface area contributed by atoms with E-state index >= 15 is 0 Å². The van der Waals surface area contributed by atoms with Gasteiger partial charge in [0.1, 0.15) is 11.6 Å². The largest absolute Gasteiger partial charge is 0.354 e. The van der Waals surface area contributed by atoms with Crippen LogP contribution in [0.2, 0.25) is 0 Å². The zero-order valence-electron chi connectivity index (χ0n) is 18.6. The molecule has 1 amide bonds. The molecule has 1 aliphatic heterocycles. The molecule has 2 aromatic carbocycles. The first-order chi connectivity index (χ1) is 15.3. The van der Waals surface area contributed by atoms with Crippen molar-refractivity contribution in [3.63, 3.8) is 0 Å². The summed E-state index contributed by atoms with van der Waals surface area (Å²) in [5.74, 6) is -0.0459. The molecule has 0 saturated carbocycles. The van der Waals surface area contributed by atoms with Crippen molar-refractivity contribution < 1.29 is 9.18 Å². The Labute approximate surface area is 186 Å². The van der Waals surface area contributed by atoms with E-state index in [1.165, 1.54) is 28.4 Å². The number of anilines is 2. The first-order valence-corrected chi connectivity index (χ1v) is 10.8. The highest BCUT2D eigenvalue weighted by molar-refractivity contribution is 5.94. The Kier molecular flexibility index (Phi) is 6.08. The number of carbonyl (C=O) groups excluding carboxylic acids is 1. The van der Waals surface area contributed by atoms with E-state index in [0.29, 0.717) is 18.1 Å². The third-order valence-corrected chi connectivity index (χ3v) is 5.88. The Morgan fingerprint density at radius 2 is 1.84 bits per heavy atom. The smallest absolute Gasteiger partial charge is 0.271 e. The number of halogens is 1. The Morgan fingerprint density at radius 3 is 2.56 bits per heavy atom. The van der Waals surface area contributed by atoms with Crippen LogP contribution in [-0.4, -0.2) is 28.8 Å². The van der Waals surface area contributed by atoms with Crippen molar-refractivity contribution in [3.05, 3.63) is 81.4 Å². The molecular weight excluding hydrogens is 407 g/mol. The number of piperidine rings is 1. The molecule has 1 atom stereocenters. The van der Waals surface area contributed by atoms with Gasteiger partial charge in [0, 0.05) is 24.8 Å². The molecule has 4 rings (SSSR count). The molecule has 1 aliphatic rings. The van der Waals surface area contributed by atoms with Crippen LogP contribution in [0.4, 0.5) is 15.9 Å². The van der Waals surface area contributed by atoms with Crippen molar-refractivity contribution in [1.82, 2.24) is 9.78 Å². The molecule has 32 heavy (non-hydrogen) atoms. The lowest BCUT2D eigenvalue weighted by Gasteiger charge is -2.33. The van der Waals surface area contributed by atoms with Crippen LogP contribution in [0.3, 0.4) is 0 Å². The Morgan fingerprint density at radius 1 is 1.09 bits per heavy atom. The molecule has 1 N–H and O–H groups in total. The van der Waals surface area contributed by atoms with Gasteiger partial charge < -0.3 is 10.2 Å². The molecule has 2 heterocycles. The minimum Gasteiger partial charge on any atom is -0.354 e. The van der Waals surface area contributed by atoms with Crippen molar-refractivity contribution in [2.45, 2.75) is 33.6 Å². The lowest BCUT2D eigenvalue weighted by Crippen LogP contribution is -2.42. The number of aryl methyl sites for hydroxylation is 3. The molecule has 6 nitrogen and oxygen atoms in total. The molecule has 0 aliphatic carbocycles. The maximum atomic E-state index is 13.6. The summed E-state index contributed by atoms with van der Waals surface area (Å²) in [6, 6.07) is 13.0. The van der Waals surface area contributed by atoms with Gasteiger partial charge in [0.15, 0.2) is 0 Å². The van der Waals surface area contributed by atoms with Gasteiger partial charge in [0.2, 0.25) is 5.91 Å². The minimum atomic E-state index is -0.432. The van der Waals surface area contributed by atoms with Crippen LogP contribution < -0.4 is 15.8 Å². The molecule has 1 aromatic heterocycles. The Hall–Kier alpha value is -3.48. The standard InChI is InChI=1S/C25H27FN4O2/c1-16-12-17(2)24(18(3)13-16)27-25(32)19-6-5-11-29(15-19)22-9-10-23(31)30(28-22)21-8-4-7-20(26)14-21/h4,7-10,12-14,19H,5-6,11,15H2,1-3H3,(H,27,32). The number of hydrogen-bond donors (Lipinski definition) is 1. The summed E-state index contributed by atoms with van der Waals surface area (Å²) in [4.78, 5) is 27.4. The average Bonchev–Trinajstić information content (AvgIpc) is 2.76. The lowest BCUT2D eigenvalue weighted by molar-refractivity contribution is -0.120. The van der Waals surface area contributed by atoms with E-state index in [4.69, 9.17) is 0 Å². The predicted octanol–water partition coefficient (Wildman–Crippen LogP) is 4.15. The molecule has 166 valence electrons. The first kappa shape index (κ1) is 21.7. The fourth-order valence-electron chi connectivity index (χ4n) is 4.36. The van der Waals surface area contributed by atoms with Gasteiger partial charge in [0.25, 0.3) is 5.56 Å². The zero-order chi connectivity index (χ0) is 22.8. The number of benzene rings is 2. The summed E-state index contributed by atoms with van der Waals surface area (Å²) in [6.07, 6.45) is 1.63. The highest BCUT2D eigenvalue weighted by atomic mass is 19.1. The zero-order valence-corrected chi connectivity index (χ0v) is 18.6. The van der Waals surface area contributed by atoms with Gasteiger partial charge in [-0.15, -0.1) is 5.10 Å². The monoisotopic (exact) mass is 434 g/mol. The van der Waals surface area contributed by atoms with Crippen LogP contribution in [-0.2, 0) is 4.79 Å². The summed E-state index contributed by atoms with van der Waals surface area (Å²) in [5, 5.41) is 7.57. The second kappa shape index (κ2) is 8.94. The maximum absolute atomic E-state index is 13.6. The summed E-state index contributed by atoms with van der Waals surface area (Å²) in [6.45, 7) is 7.29. The molecule has 3 aromatic rings. The van der Waals surface area contributed by atoms with Gasteiger partial charge in [-0.1, -0.05) is 23.8 Å². The number of nitrogens with one attached hydrogen (secondary N) is 1. The molecule has 0 spiro atoms. The normalized spacial score (nSPS) is 16.1. The molecular formula is C25H27FN4O2. The third kappa shape index (κ3) is 4.56. The van der Waals surface area contributed by atoms with Gasteiger partial charge in [-0.05, 0) is 69.0 Å². The summed E-state index contributed by atoms with van der Waals surface area (Å²) < 4.78 is 14.8. The number of nitrogens with zero attached hydrogens (tertiary/aromatic N) is 3. The fourth-order valence-corrected chi connectivity index (χ4v) is 4.36. The van der Waals surface area contributed by atoms with Crippen molar-refractivity contribution >= 4 is 17.4 Å². The van der Waals surface area contributed by atoms with E-state index in [2.05, 4.69) is 22.5 Å². The third-order valence-electron chi connectivity index (χ3n) is 5.88. The summed E-state index contributed by atoms with van der Waals surface area (Å²) in [5.41, 5.74) is 4.17. The Balaban J connectivity index is 1.54.